The molecule has 1 aliphatic heterocycles. The summed E-state index contributed by atoms with van der Waals surface area (Å²) in [7, 11) is 1.86. The molecule has 2 amide bonds. The van der Waals surface area contributed by atoms with Gasteiger partial charge < -0.3 is 14.5 Å². The minimum atomic E-state index is -0.107. The van der Waals surface area contributed by atoms with Gasteiger partial charge in [-0.1, -0.05) is 52.7 Å². The second-order valence-electron chi connectivity index (χ2n) is 11.1. The van der Waals surface area contributed by atoms with E-state index in [9.17, 15) is 9.59 Å². The first kappa shape index (κ1) is 28.7. The molecule has 2 aromatic rings. The number of para-hydroxylation sites is 1. The normalized spacial score (nSPS) is 18.1. The van der Waals surface area contributed by atoms with Gasteiger partial charge in [-0.05, 0) is 62.6 Å². The van der Waals surface area contributed by atoms with Crippen molar-refractivity contribution in [1.82, 2.24) is 19.6 Å². The van der Waals surface area contributed by atoms with E-state index in [-0.39, 0.29) is 17.9 Å². The molecular formula is C30H46N4O3. The van der Waals surface area contributed by atoms with Crippen molar-refractivity contribution in [3.63, 3.8) is 0 Å². The van der Waals surface area contributed by atoms with Crippen LogP contribution in [0.2, 0.25) is 0 Å². The van der Waals surface area contributed by atoms with Crippen LogP contribution in [0.1, 0.15) is 93.3 Å². The average Bonchev–Trinajstić information content (AvgIpc) is 3.21. The number of rotatable bonds is 6. The van der Waals surface area contributed by atoms with Gasteiger partial charge in [-0.2, -0.15) is 5.10 Å². The van der Waals surface area contributed by atoms with E-state index in [1.54, 1.807) is 4.68 Å². The summed E-state index contributed by atoms with van der Waals surface area (Å²) in [5.74, 6) is 1.46. The Kier molecular flexibility index (Phi) is 10.6. The standard InChI is InChI=1S/C30H46N4O3/c1-7-33-16-12-8-9-13-17-34(30(36)27-20-24(18-22(2)3)31-32(27)6)25(19-23(4)5)21-37-28-15-11-10-14-26(28)29(33)35/h10-11,14-15,20,22-23,25H,7-9,12-13,16-19,21H2,1-6H3/t25-/m0/s1. The topological polar surface area (TPSA) is 67.7 Å². The third-order valence-electron chi connectivity index (χ3n) is 7.01. The number of carbonyl (C=O) groups is 2. The lowest BCUT2D eigenvalue weighted by Crippen LogP contribution is -2.45. The maximum atomic E-state index is 14.0. The Morgan fingerprint density at radius 3 is 2.43 bits per heavy atom. The van der Waals surface area contributed by atoms with Crippen molar-refractivity contribution in [3.8, 4) is 5.75 Å². The quantitative estimate of drug-likeness (QED) is 0.508. The molecule has 7 nitrogen and oxygen atoms in total. The highest BCUT2D eigenvalue weighted by Crippen LogP contribution is 2.24. The van der Waals surface area contributed by atoms with E-state index in [2.05, 4.69) is 32.8 Å². The van der Waals surface area contributed by atoms with Crippen molar-refractivity contribution in [1.29, 1.82) is 0 Å². The van der Waals surface area contributed by atoms with E-state index < -0.39 is 0 Å². The van der Waals surface area contributed by atoms with Gasteiger partial charge >= 0.3 is 0 Å². The predicted molar refractivity (Wildman–Crippen MR) is 148 cm³/mol. The number of aryl methyl sites for hydroxylation is 1. The highest BCUT2D eigenvalue weighted by Gasteiger charge is 2.29. The molecule has 0 bridgehead atoms. The first-order valence-electron chi connectivity index (χ1n) is 14.1. The zero-order valence-corrected chi connectivity index (χ0v) is 23.7. The number of nitrogens with zero attached hydrogens (tertiary/aromatic N) is 4. The number of amides is 2. The number of ether oxygens (including phenoxy) is 1. The minimum Gasteiger partial charge on any atom is -0.491 e. The van der Waals surface area contributed by atoms with Crippen LogP contribution >= 0.6 is 0 Å². The largest absolute Gasteiger partial charge is 0.491 e. The SMILES string of the molecule is CCN1CCCCCCN(C(=O)c2cc(CC(C)C)nn2C)[C@@H](CC(C)C)COc2ccccc2C1=O. The van der Waals surface area contributed by atoms with Crippen LogP contribution in [-0.4, -0.2) is 63.7 Å². The lowest BCUT2D eigenvalue weighted by Gasteiger charge is -2.33. The van der Waals surface area contributed by atoms with Gasteiger partial charge in [0.15, 0.2) is 0 Å². The Bertz CT molecular complexity index is 1030. The van der Waals surface area contributed by atoms with Crippen molar-refractivity contribution >= 4 is 11.8 Å². The summed E-state index contributed by atoms with van der Waals surface area (Å²) in [6.07, 6.45) is 5.59. The predicted octanol–water partition coefficient (Wildman–Crippen LogP) is 5.59. The highest BCUT2D eigenvalue weighted by atomic mass is 16.5. The van der Waals surface area contributed by atoms with Crippen LogP contribution in [-0.2, 0) is 13.5 Å². The van der Waals surface area contributed by atoms with Crippen molar-refractivity contribution in [2.45, 2.75) is 79.2 Å². The fourth-order valence-electron chi connectivity index (χ4n) is 5.14. The van der Waals surface area contributed by atoms with E-state index >= 15 is 0 Å². The zero-order valence-electron chi connectivity index (χ0n) is 23.7. The van der Waals surface area contributed by atoms with E-state index in [1.165, 1.54) is 0 Å². The van der Waals surface area contributed by atoms with Gasteiger partial charge in [0.05, 0.1) is 17.3 Å². The monoisotopic (exact) mass is 510 g/mol. The molecule has 37 heavy (non-hydrogen) atoms. The third-order valence-corrected chi connectivity index (χ3v) is 7.01. The Hall–Kier alpha value is -2.83. The molecule has 1 aliphatic rings. The molecule has 2 heterocycles. The average molecular weight is 511 g/mol. The van der Waals surface area contributed by atoms with Crippen LogP contribution in [0, 0.1) is 11.8 Å². The smallest absolute Gasteiger partial charge is 0.272 e. The molecule has 0 radical (unpaired) electrons. The van der Waals surface area contributed by atoms with Crippen LogP contribution in [0.25, 0.3) is 0 Å². The van der Waals surface area contributed by atoms with Gasteiger partial charge in [-0.15, -0.1) is 0 Å². The van der Waals surface area contributed by atoms with Crippen molar-refractivity contribution in [2.75, 3.05) is 26.2 Å². The van der Waals surface area contributed by atoms with E-state index in [0.717, 1.165) is 50.8 Å². The van der Waals surface area contributed by atoms with Crippen molar-refractivity contribution in [2.24, 2.45) is 18.9 Å². The molecule has 1 aromatic heterocycles. The highest BCUT2D eigenvalue weighted by molar-refractivity contribution is 5.97. The van der Waals surface area contributed by atoms with Crippen molar-refractivity contribution in [3.05, 3.63) is 47.3 Å². The molecule has 0 saturated carbocycles. The second-order valence-corrected chi connectivity index (χ2v) is 11.1. The number of hydrogen-bond acceptors (Lipinski definition) is 4. The van der Waals surface area contributed by atoms with Gasteiger partial charge in [0.25, 0.3) is 11.8 Å². The lowest BCUT2D eigenvalue weighted by molar-refractivity contribution is 0.0555. The molecule has 0 N–H and O–H groups in total. The third kappa shape index (κ3) is 7.83. The summed E-state index contributed by atoms with van der Waals surface area (Å²) in [4.78, 5) is 31.2. The van der Waals surface area contributed by atoms with Crippen molar-refractivity contribution < 1.29 is 14.3 Å². The molecule has 204 valence electrons. The van der Waals surface area contributed by atoms with Gasteiger partial charge in [0, 0.05) is 26.7 Å². The number of aromatic nitrogens is 2. The van der Waals surface area contributed by atoms with Gasteiger partial charge in [0.1, 0.15) is 18.1 Å². The first-order chi connectivity index (χ1) is 17.7. The lowest BCUT2D eigenvalue weighted by atomic mass is 10.0. The summed E-state index contributed by atoms with van der Waals surface area (Å²) in [5.41, 5.74) is 2.17. The summed E-state index contributed by atoms with van der Waals surface area (Å²) < 4.78 is 8.08. The molecule has 1 atom stereocenters. The van der Waals surface area contributed by atoms with Crippen LogP contribution in [0.4, 0.5) is 0 Å². The molecule has 0 spiro atoms. The Morgan fingerprint density at radius 1 is 1.05 bits per heavy atom. The molecule has 0 saturated heterocycles. The maximum Gasteiger partial charge on any atom is 0.272 e. The van der Waals surface area contributed by atoms with Crippen LogP contribution in [0.3, 0.4) is 0 Å². The fourth-order valence-corrected chi connectivity index (χ4v) is 5.14. The Morgan fingerprint density at radius 2 is 1.76 bits per heavy atom. The van der Waals surface area contributed by atoms with Gasteiger partial charge in [-0.3, -0.25) is 14.3 Å². The van der Waals surface area contributed by atoms with Crippen LogP contribution in [0.5, 0.6) is 5.75 Å². The zero-order chi connectivity index (χ0) is 26.9. The van der Waals surface area contributed by atoms with E-state index in [4.69, 9.17) is 4.74 Å². The minimum absolute atomic E-state index is 0.00729. The molecular weight excluding hydrogens is 464 g/mol. The van der Waals surface area contributed by atoms with E-state index in [1.807, 2.05) is 54.1 Å². The summed E-state index contributed by atoms with van der Waals surface area (Å²) in [6, 6.07) is 9.34. The summed E-state index contributed by atoms with van der Waals surface area (Å²) in [6.45, 7) is 13.1. The van der Waals surface area contributed by atoms with E-state index in [0.29, 0.717) is 48.5 Å². The number of fused-ring (bicyclic) bond motifs is 1. The second kappa shape index (κ2) is 13.6. The molecule has 3 rings (SSSR count). The van der Waals surface area contributed by atoms with Crippen LogP contribution in [0.15, 0.2) is 30.3 Å². The molecule has 0 aliphatic carbocycles. The summed E-state index contributed by atoms with van der Waals surface area (Å²) in [5, 5.41) is 4.63. The van der Waals surface area contributed by atoms with Gasteiger partial charge in [-0.25, -0.2) is 0 Å². The Labute approximate surface area is 223 Å². The van der Waals surface area contributed by atoms with Gasteiger partial charge in [0.2, 0.25) is 0 Å². The van der Waals surface area contributed by atoms with Crippen LogP contribution < -0.4 is 4.74 Å². The molecule has 0 fully saturated rings. The number of benzene rings is 1. The molecule has 0 unspecified atom stereocenters. The summed E-state index contributed by atoms with van der Waals surface area (Å²) >= 11 is 0. The Balaban J connectivity index is 1.94. The maximum absolute atomic E-state index is 14.0. The molecule has 1 aromatic carbocycles. The number of hydrogen-bond donors (Lipinski definition) is 0. The number of carbonyl (C=O) groups excluding carboxylic acids is 2. The molecule has 7 heteroatoms. The first-order valence-corrected chi connectivity index (χ1v) is 14.1. The fraction of sp³-hybridized carbons (Fsp3) is 0.633.